The predicted molar refractivity (Wildman–Crippen MR) is 44.4 cm³/mol. The van der Waals surface area contributed by atoms with Crippen molar-refractivity contribution in [2.24, 2.45) is 0 Å². The van der Waals surface area contributed by atoms with Gasteiger partial charge in [-0.3, -0.25) is 0 Å². The van der Waals surface area contributed by atoms with Gasteiger partial charge in [-0.15, -0.1) is 0 Å². The van der Waals surface area contributed by atoms with Gasteiger partial charge < -0.3 is 0 Å². The van der Waals surface area contributed by atoms with Gasteiger partial charge in [0, 0.05) is 27.3 Å². The van der Waals surface area contributed by atoms with Crippen LogP contribution in [0.2, 0.25) is 0 Å². The minimum atomic E-state index is -0.519. The second kappa shape index (κ2) is 3.25. The molecule has 0 aliphatic rings. The fraction of sp³-hybridized carbons (Fsp3) is 0.714. The highest BCUT2D eigenvalue weighted by Gasteiger charge is 2.12. The van der Waals surface area contributed by atoms with Crippen molar-refractivity contribution >= 4 is 7.26 Å². The van der Waals surface area contributed by atoms with Gasteiger partial charge in [-0.1, -0.05) is 12.2 Å². The quantitative estimate of drug-likeness (QED) is 0.399. The molecule has 0 aliphatic carbocycles. The Bertz CT molecular complexity index is 76.9. The third kappa shape index (κ3) is 6.17. The highest BCUT2D eigenvalue weighted by Crippen LogP contribution is 2.45. The first-order valence-electron chi connectivity index (χ1n) is 2.98. The van der Waals surface area contributed by atoms with Crippen LogP contribution in [0.3, 0.4) is 0 Å². The third-order valence-corrected chi connectivity index (χ3v) is 2.20. The van der Waals surface area contributed by atoms with Crippen LogP contribution in [-0.4, -0.2) is 26.2 Å². The van der Waals surface area contributed by atoms with Crippen LogP contribution in [0.5, 0.6) is 0 Å². The highest BCUT2D eigenvalue weighted by atomic mass is 31.2. The molecule has 48 valence electrons. The Morgan fingerprint density at radius 2 is 1.75 bits per heavy atom. The summed E-state index contributed by atoms with van der Waals surface area (Å²) in [6, 6.07) is 0. The molecular weight excluding hydrogens is 115 g/mol. The van der Waals surface area contributed by atoms with E-state index in [2.05, 4.69) is 39.1 Å². The van der Waals surface area contributed by atoms with Crippen LogP contribution in [-0.2, 0) is 0 Å². The molecule has 0 amide bonds. The zero-order chi connectivity index (χ0) is 6.62. The van der Waals surface area contributed by atoms with Crippen molar-refractivity contribution in [2.75, 3.05) is 26.2 Å². The maximum atomic E-state index is 2.35. The summed E-state index contributed by atoms with van der Waals surface area (Å²) in [7, 11) is -0.519. The average Bonchev–Trinajstić information content (AvgIpc) is 1.59. The summed E-state index contributed by atoms with van der Waals surface area (Å²) in [5.74, 6) is 0. The molecule has 0 fully saturated rings. The maximum absolute atomic E-state index is 2.35. The van der Waals surface area contributed by atoms with Crippen molar-refractivity contribution in [2.45, 2.75) is 6.92 Å². The standard InChI is InChI=1S/C7H16P/c1-5-6-7-8(2,3)4/h5-6H,7H2,1-4H3/q+1/b6-5+. The fourth-order valence-electron chi connectivity index (χ4n) is 0.422. The van der Waals surface area contributed by atoms with Crippen LogP contribution >= 0.6 is 7.26 Å². The smallest absolute Gasteiger partial charge is 0.0765 e. The molecule has 1 heteroatoms. The summed E-state index contributed by atoms with van der Waals surface area (Å²) in [4.78, 5) is 0. The molecule has 0 rings (SSSR count). The van der Waals surface area contributed by atoms with Crippen molar-refractivity contribution < 1.29 is 0 Å². The Hall–Kier alpha value is 0.170. The number of rotatable bonds is 2. The lowest BCUT2D eigenvalue weighted by Crippen LogP contribution is -1.87. The molecule has 0 saturated heterocycles. The number of hydrogen-bond donors (Lipinski definition) is 0. The van der Waals surface area contributed by atoms with Gasteiger partial charge in [-0.25, -0.2) is 0 Å². The monoisotopic (exact) mass is 131 g/mol. The van der Waals surface area contributed by atoms with Crippen molar-refractivity contribution in [1.29, 1.82) is 0 Å². The second-order valence-electron chi connectivity index (χ2n) is 3.04. The van der Waals surface area contributed by atoms with Crippen molar-refractivity contribution in [3.63, 3.8) is 0 Å². The molecule has 0 aromatic carbocycles. The average molecular weight is 131 g/mol. The molecule has 0 aromatic rings. The largest absolute Gasteiger partial charge is 0.0881 e. The van der Waals surface area contributed by atoms with Crippen LogP contribution in [0.1, 0.15) is 6.92 Å². The molecule has 0 atom stereocenters. The lowest BCUT2D eigenvalue weighted by molar-refractivity contribution is 1.60. The van der Waals surface area contributed by atoms with E-state index in [1.54, 1.807) is 0 Å². The molecule has 0 bridgehead atoms. The van der Waals surface area contributed by atoms with Crippen LogP contribution in [0.4, 0.5) is 0 Å². The number of allylic oxidation sites excluding steroid dienone is 2. The normalized spacial score (nSPS) is 13.0. The van der Waals surface area contributed by atoms with Gasteiger partial charge in [-0.2, -0.15) is 0 Å². The van der Waals surface area contributed by atoms with E-state index in [4.69, 9.17) is 0 Å². The van der Waals surface area contributed by atoms with E-state index >= 15 is 0 Å². The van der Waals surface area contributed by atoms with Gasteiger partial charge >= 0.3 is 0 Å². The third-order valence-electron chi connectivity index (χ3n) is 0.889. The summed E-state index contributed by atoms with van der Waals surface area (Å²) in [6.45, 7) is 9.14. The molecule has 0 aromatic heterocycles. The van der Waals surface area contributed by atoms with Crippen LogP contribution < -0.4 is 0 Å². The lowest BCUT2D eigenvalue weighted by atomic mass is 10.6. The van der Waals surface area contributed by atoms with Gasteiger partial charge in [0.15, 0.2) is 0 Å². The van der Waals surface area contributed by atoms with Gasteiger partial charge in [0.25, 0.3) is 0 Å². The molecule has 0 aliphatic heterocycles. The zero-order valence-corrected chi connectivity index (χ0v) is 7.20. The van der Waals surface area contributed by atoms with E-state index in [0.29, 0.717) is 0 Å². The molecule has 0 N–H and O–H groups in total. The van der Waals surface area contributed by atoms with E-state index in [1.165, 1.54) is 6.16 Å². The first-order chi connectivity index (χ1) is 3.56. The summed E-state index contributed by atoms with van der Waals surface area (Å²) < 4.78 is 0. The second-order valence-corrected chi connectivity index (χ2v) is 7.99. The fourth-order valence-corrected chi connectivity index (χ4v) is 1.26. The first kappa shape index (κ1) is 8.17. The van der Waals surface area contributed by atoms with Crippen molar-refractivity contribution in [1.82, 2.24) is 0 Å². The first-order valence-corrected chi connectivity index (χ1v) is 6.29. The molecule has 0 nitrogen and oxygen atoms in total. The lowest BCUT2D eigenvalue weighted by Gasteiger charge is -2.06. The Morgan fingerprint density at radius 3 is 1.88 bits per heavy atom. The van der Waals surface area contributed by atoms with E-state index in [1.807, 2.05) is 0 Å². The molecule has 0 unspecified atom stereocenters. The van der Waals surface area contributed by atoms with Gasteiger partial charge in [0.05, 0.1) is 6.16 Å². The molecule has 0 heterocycles. The summed E-state index contributed by atoms with van der Waals surface area (Å²) in [6.07, 6.45) is 5.68. The maximum Gasteiger partial charge on any atom is 0.0765 e. The molecule has 8 heavy (non-hydrogen) atoms. The Morgan fingerprint density at radius 1 is 1.25 bits per heavy atom. The molecule has 0 radical (unpaired) electrons. The topological polar surface area (TPSA) is 0 Å². The van der Waals surface area contributed by atoms with E-state index in [9.17, 15) is 0 Å². The number of hydrogen-bond acceptors (Lipinski definition) is 0. The minimum Gasteiger partial charge on any atom is -0.0881 e. The van der Waals surface area contributed by atoms with Gasteiger partial charge in [-0.05, 0) is 6.92 Å². The summed E-state index contributed by atoms with van der Waals surface area (Å²) in [5, 5.41) is 0. The molecular formula is C7H16P+. The predicted octanol–water partition coefficient (Wildman–Crippen LogP) is 2.47. The minimum absolute atomic E-state index is 0.519. The molecule has 0 saturated carbocycles. The zero-order valence-electron chi connectivity index (χ0n) is 6.31. The van der Waals surface area contributed by atoms with E-state index in [0.717, 1.165) is 0 Å². The van der Waals surface area contributed by atoms with Crippen LogP contribution in [0.25, 0.3) is 0 Å². The van der Waals surface area contributed by atoms with Crippen LogP contribution in [0.15, 0.2) is 12.2 Å². The van der Waals surface area contributed by atoms with Crippen molar-refractivity contribution in [3.8, 4) is 0 Å². The highest BCUT2D eigenvalue weighted by molar-refractivity contribution is 7.73. The Kier molecular flexibility index (Phi) is 3.31. The molecule has 0 spiro atoms. The summed E-state index contributed by atoms with van der Waals surface area (Å²) >= 11 is 0. The Balaban J connectivity index is 3.39. The van der Waals surface area contributed by atoms with Gasteiger partial charge in [0.2, 0.25) is 0 Å². The van der Waals surface area contributed by atoms with Crippen LogP contribution in [0, 0.1) is 0 Å². The van der Waals surface area contributed by atoms with Crippen molar-refractivity contribution in [3.05, 3.63) is 12.2 Å². The van der Waals surface area contributed by atoms with Gasteiger partial charge in [0.1, 0.15) is 0 Å². The van der Waals surface area contributed by atoms with E-state index < -0.39 is 7.26 Å². The Labute approximate surface area is 53.3 Å². The van der Waals surface area contributed by atoms with E-state index in [-0.39, 0.29) is 0 Å². The SMILES string of the molecule is C/C=C/C[P+](C)(C)C. The summed E-state index contributed by atoms with van der Waals surface area (Å²) in [5.41, 5.74) is 0.